The Kier molecular flexibility index (Phi) is 7.23. The van der Waals surface area contributed by atoms with Gasteiger partial charge in [-0.15, -0.1) is 0 Å². The summed E-state index contributed by atoms with van der Waals surface area (Å²) < 4.78 is 4.83. The summed E-state index contributed by atoms with van der Waals surface area (Å²) in [6, 6.07) is -0.104. The third-order valence-electron chi connectivity index (χ3n) is 3.04. The van der Waals surface area contributed by atoms with Gasteiger partial charge in [0.1, 0.15) is 6.04 Å². The molecule has 1 saturated carbocycles. The van der Waals surface area contributed by atoms with Crippen LogP contribution in [0.5, 0.6) is 0 Å². The first-order chi connectivity index (χ1) is 9.10. The minimum absolute atomic E-state index is 0.194. The van der Waals surface area contributed by atoms with E-state index in [0.717, 1.165) is 19.4 Å². The van der Waals surface area contributed by atoms with Gasteiger partial charge in [0.2, 0.25) is 5.91 Å². The first-order valence-electron chi connectivity index (χ1n) is 6.89. The Hall–Kier alpha value is -0.750. The molecule has 0 heterocycles. The molecule has 1 rings (SSSR count). The number of rotatable bonds is 9. The topological polar surface area (TPSA) is 72.6 Å². The van der Waals surface area contributed by atoms with Gasteiger partial charge in [-0.3, -0.25) is 9.59 Å². The van der Waals surface area contributed by atoms with E-state index in [0.29, 0.717) is 30.6 Å². The molecule has 110 valence electrons. The highest BCUT2D eigenvalue weighted by atomic mass is 32.2. The summed E-state index contributed by atoms with van der Waals surface area (Å²) >= 11 is 1.54. The van der Waals surface area contributed by atoms with Gasteiger partial charge < -0.3 is 15.4 Å². The number of ether oxygens (including phenoxy) is 1. The van der Waals surface area contributed by atoms with Crippen LogP contribution in [0.1, 0.15) is 33.1 Å². The van der Waals surface area contributed by atoms with Crippen molar-refractivity contribution in [2.24, 2.45) is 5.73 Å². The van der Waals surface area contributed by atoms with E-state index in [1.165, 1.54) is 11.8 Å². The van der Waals surface area contributed by atoms with Crippen LogP contribution in [0.15, 0.2) is 0 Å². The minimum Gasteiger partial charge on any atom is -0.465 e. The van der Waals surface area contributed by atoms with Gasteiger partial charge in [0.25, 0.3) is 0 Å². The summed E-state index contributed by atoms with van der Waals surface area (Å²) in [4.78, 5) is 25.2. The van der Waals surface area contributed by atoms with Crippen molar-refractivity contribution >= 4 is 23.6 Å². The lowest BCUT2D eigenvalue weighted by Gasteiger charge is -2.20. The fourth-order valence-corrected chi connectivity index (χ4v) is 2.75. The Bertz CT molecular complexity index is 308. The summed E-state index contributed by atoms with van der Waals surface area (Å²) in [6.07, 6.45) is 2.82. The zero-order chi connectivity index (χ0) is 14.3. The van der Waals surface area contributed by atoms with Crippen molar-refractivity contribution < 1.29 is 14.3 Å². The fraction of sp³-hybridized carbons (Fsp3) is 0.846. The van der Waals surface area contributed by atoms with Crippen molar-refractivity contribution in [3.8, 4) is 0 Å². The molecule has 0 saturated heterocycles. The molecule has 1 unspecified atom stereocenters. The molecular formula is C13H24N2O3S. The molecule has 0 radical (unpaired) electrons. The Balaban J connectivity index is 2.12. The van der Waals surface area contributed by atoms with Crippen LogP contribution in [0, 0.1) is 0 Å². The van der Waals surface area contributed by atoms with Crippen molar-refractivity contribution in [3.63, 3.8) is 0 Å². The van der Waals surface area contributed by atoms with Crippen LogP contribution in [0.3, 0.4) is 0 Å². The quantitative estimate of drug-likeness (QED) is 0.506. The van der Waals surface area contributed by atoms with Crippen molar-refractivity contribution in [1.82, 2.24) is 4.90 Å². The number of carbonyl (C=O) groups excluding carboxylic acids is 2. The molecule has 5 nitrogen and oxygen atoms in total. The van der Waals surface area contributed by atoms with Gasteiger partial charge in [0.15, 0.2) is 0 Å². The average molecular weight is 288 g/mol. The van der Waals surface area contributed by atoms with Crippen molar-refractivity contribution in [3.05, 3.63) is 0 Å². The molecule has 19 heavy (non-hydrogen) atoms. The molecule has 2 N–H and O–H groups in total. The molecule has 0 aromatic carbocycles. The third-order valence-corrected chi connectivity index (χ3v) is 4.01. The molecule has 6 heteroatoms. The summed E-state index contributed by atoms with van der Waals surface area (Å²) in [5, 5.41) is 0. The van der Waals surface area contributed by atoms with Crippen LogP contribution in [-0.2, 0) is 14.3 Å². The predicted molar refractivity (Wildman–Crippen MR) is 77.0 cm³/mol. The highest BCUT2D eigenvalue weighted by Gasteiger charge is 2.30. The Morgan fingerprint density at radius 3 is 2.63 bits per heavy atom. The van der Waals surface area contributed by atoms with Crippen LogP contribution in [0.2, 0.25) is 0 Å². The van der Waals surface area contributed by atoms with Gasteiger partial charge in [-0.1, -0.05) is 0 Å². The summed E-state index contributed by atoms with van der Waals surface area (Å²) in [6.45, 7) is 4.91. The summed E-state index contributed by atoms with van der Waals surface area (Å²) in [5.74, 6) is 1.01. The molecule has 1 aliphatic rings. The summed E-state index contributed by atoms with van der Waals surface area (Å²) in [7, 11) is 0. The standard InChI is InChI=1S/C13H24N2O3S/c1-3-15(10-5-6-10)12(16)9-19-8-7-11(14)13(17)18-4-2/h10-11H,3-9,14H2,1-2H3. The van der Waals surface area contributed by atoms with E-state index in [9.17, 15) is 9.59 Å². The van der Waals surface area contributed by atoms with Crippen molar-refractivity contribution in [2.45, 2.75) is 45.2 Å². The van der Waals surface area contributed by atoms with E-state index in [1.54, 1.807) is 6.92 Å². The normalized spacial score (nSPS) is 15.9. The molecule has 1 amide bonds. The van der Waals surface area contributed by atoms with Gasteiger partial charge in [-0.05, 0) is 38.9 Å². The monoisotopic (exact) mass is 288 g/mol. The third kappa shape index (κ3) is 5.82. The second-order valence-corrected chi connectivity index (χ2v) is 5.72. The van der Waals surface area contributed by atoms with Crippen LogP contribution >= 0.6 is 11.8 Å². The maximum absolute atomic E-state index is 11.9. The molecule has 1 atom stereocenters. The number of esters is 1. The Morgan fingerprint density at radius 1 is 1.42 bits per heavy atom. The van der Waals surface area contributed by atoms with E-state index in [-0.39, 0.29) is 11.9 Å². The lowest BCUT2D eigenvalue weighted by Crippen LogP contribution is -2.35. The second kappa shape index (κ2) is 8.43. The number of amides is 1. The molecule has 0 spiro atoms. The first kappa shape index (κ1) is 16.3. The number of carbonyl (C=O) groups is 2. The maximum atomic E-state index is 11.9. The SMILES string of the molecule is CCOC(=O)C(N)CCSCC(=O)N(CC)C1CC1. The van der Waals surface area contributed by atoms with Crippen LogP contribution < -0.4 is 5.73 Å². The van der Waals surface area contributed by atoms with E-state index < -0.39 is 6.04 Å². The number of hydrogen-bond acceptors (Lipinski definition) is 5. The average Bonchev–Trinajstić information content (AvgIpc) is 3.20. The van der Waals surface area contributed by atoms with Gasteiger partial charge in [0.05, 0.1) is 12.4 Å². The van der Waals surface area contributed by atoms with Gasteiger partial charge in [-0.2, -0.15) is 11.8 Å². The predicted octanol–water partition coefficient (Wildman–Crippen LogP) is 1.01. The summed E-state index contributed by atoms with van der Waals surface area (Å²) in [5.41, 5.74) is 5.68. The van der Waals surface area contributed by atoms with Crippen molar-refractivity contribution in [2.75, 3.05) is 24.7 Å². The van der Waals surface area contributed by atoms with Gasteiger partial charge >= 0.3 is 5.97 Å². The number of nitrogens with two attached hydrogens (primary N) is 1. The number of hydrogen-bond donors (Lipinski definition) is 1. The Labute approximate surface area is 119 Å². The molecular weight excluding hydrogens is 264 g/mol. The Morgan fingerprint density at radius 2 is 2.11 bits per heavy atom. The first-order valence-corrected chi connectivity index (χ1v) is 8.05. The van der Waals surface area contributed by atoms with E-state index in [4.69, 9.17) is 10.5 Å². The van der Waals surface area contributed by atoms with E-state index in [2.05, 4.69) is 0 Å². The maximum Gasteiger partial charge on any atom is 0.322 e. The highest BCUT2D eigenvalue weighted by Crippen LogP contribution is 2.27. The van der Waals surface area contributed by atoms with Crippen LogP contribution in [0.4, 0.5) is 0 Å². The van der Waals surface area contributed by atoms with Gasteiger partial charge in [-0.25, -0.2) is 0 Å². The highest BCUT2D eigenvalue weighted by molar-refractivity contribution is 7.99. The van der Waals surface area contributed by atoms with Crippen LogP contribution in [-0.4, -0.2) is 53.5 Å². The molecule has 0 aromatic rings. The fourth-order valence-electron chi connectivity index (χ4n) is 1.84. The molecule has 1 fully saturated rings. The molecule has 0 bridgehead atoms. The minimum atomic E-state index is -0.576. The molecule has 0 aromatic heterocycles. The lowest BCUT2D eigenvalue weighted by molar-refractivity contribution is -0.144. The largest absolute Gasteiger partial charge is 0.465 e. The van der Waals surface area contributed by atoms with Crippen LogP contribution in [0.25, 0.3) is 0 Å². The zero-order valence-corrected chi connectivity index (χ0v) is 12.6. The van der Waals surface area contributed by atoms with Gasteiger partial charge in [0, 0.05) is 12.6 Å². The zero-order valence-electron chi connectivity index (χ0n) is 11.8. The molecule has 0 aliphatic heterocycles. The van der Waals surface area contributed by atoms with Crippen molar-refractivity contribution in [1.29, 1.82) is 0 Å². The van der Waals surface area contributed by atoms with E-state index in [1.807, 2.05) is 11.8 Å². The second-order valence-electron chi connectivity index (χ2n) is 4.61. The lowest BCUT2D eigenvalue weighted by atomic mass is 10.2. The smallest absolute Gasteiger partial charge is 0.322 e. The van der Waals surface area contributed by atoms with E-state index >= 15 is 0 Å². The number of thioether (sulfide) groups is 1. The molecule has 1 aliphatic carbocycles. The number of nitrogens with zero attached hydrogens (tertiary/aromatic N) is 1.